The molecule has 0 bridgehead atoms. The zero-order valence-corrected chi connectivity index (χ0v) is 18.4. The van der Waals surface area contributed by atoms with Gasteiger partial charge >= 0.3 is 0 Å². The van der Waals surface area contributed by atoms with Crippen molar-refractivity contribution >= 4 is 27.5 Å². The predicted molar refractivity (Wildman–Crippen MR) is 116 cm³/mol. The molecule has 1 unspecified atom stereocenters. The molecule has 1 heterocycles. The number of halogens is 1. The van der Waals surface area contributed by atoms with E-state index in [1.54, 1.807) is 6.07 Å². The number of amides is 1. The van der Waals surface area contributed by atoms with E-state index in [0.29, 0.717) is 13.1 Å². The number of hydrogen-bond acceptors (Lipinski definition) is 3. The molecular formula is C22H27ClN2O3S. The Bertz CT molecular complexity index is 968. The van der Waals surface area contributed by atoms with Crippen LogP contribution in [0.15, 0.2) is 47.4 Å². The highest BCUT2D eigenvalue weighted by Crippen LogP contribution is 2.28. The SMILES string of the molecule is CCc1ccc(C(C)NC(=O)c2ccc(Cl)c(S(=O)(=O)N3CCCCC3)c2)cc1. The fraction of sp³-hybridized carbons (Fsp3) is 0.409. The van der Waals surface area contributed by atoms with Gasteiger partial charge in [0.2, 0.25) is 10.0 Å². The van der Waals surface area contributed by atoms with Crippen LogP contribution in [-0.2, 0) is 16.4 Å². The predicted octanol–water partition coefficient (Wildman–Crippen LogP) is 4.57. The topological polar surface area (TPSA) is 66.5 Å². The van der Waals surface area contributed by atoms with Gasteiger partial charge in [0.15, 0.2) is 0 Å². The van der Waals surface area contributed by atoms with Gasteiger partial charge < -0.3 is 5.32 Å². The first-order valence-electron chi connectivity index (χ1n) is 10.0. The quantitative estimate of drug-likeness (QED) is 0.724. The monoisotopic (exact) mass is 434 g/mol. The molecule has 1 fully saturated rings. The molecule has 1 amide bonds. The highest BCUT2D eigenvalue weighted by atomic mass is 35.5. The minimum absolute atomic E-state index is 0.00586. The number of nitrogens with zero attached hydrogens (tertiary/aromatic N) is 1. The Kier molecular flexibility index (Phi) is 6.98. The number of piperidine rings is 1. The lowest BCUT2D eigenvalue weighted by molar-refractivity contribution is 0.0939. The summed E-state index contributed by atoms with van der Waals surface area (Å²) in [6.45, 7) is 4.97. The number of carbonyl (C=O) groups is 1. The van der Waals surface area contributed by atoms with Gasteiger partial charge in [-0.2, -0.15) is 4.31 Å². The first-order valence-corrected chi connectivity index (χ1v) is 11.8. The van der Waals surface area contributed by atoms with Gasteiger partial charge in [0.25, 0.3) is 5.91 Å². The highest BCUT2D eigenvalue weighted by molar-refractivity contribution is 7.89. The molecule has 1 aliphatic rings. The van der Waals surface area contributed by atoms with Crippen LogP contribution in [0.1, 0.15) is 60.6 Å². The second-order valence-electron chi connectivity index (χ2n) is 7.40. The number of sulfonamides is 1. The molecule has 1 N–H and O–H groups in total. The van der Waals surface area contributed by atoms with Crippen LogP contribution in [0.5, 0.6) is 0 Å². The van der Waals surface area contributed by atoms with Gasteiger partial charge in [-0.3, -0.25) is 4.79 Å². The third-order valence-electron chi connectivity index (χ3n) is 5.36. The first kappa shape index (κ1) is 21.8. The molecule has 0 radical (unpaired) electrons. The van der Waals surface area contributed by atoms with E-state index in [9.17, 15) is 13.2 Å². The first-order chi connectivity index (χ1) is 13.8. The summed E-state index contributed by atoms with van der Waals surface area (Å²) in [5.74, 6) is -0.330. The summed E-state index contributed by atoms with van der Waals surface area (Å²) in [4.78, 5) is 12.7. The van der Waals surface area contributed by atoms with Gasteiger partial charge in [0, 0.05) is 18.7 Å². The number of carbonyl (C=O) groups excluding carboxylic acids is 1. The molecule has 3 rings (SSSR count). The average molecular weight is 435 g/mol. The summed E-state index contributed by atoms with van der Waals surface area (Å²) < 4.78 is 27.4. The summed E-state index contributed by atoms with van der Waals surface area (Å²) >= 11 is 6.20. The third-order valence-corrected chi connectivity index (χ3v) is 7.74. The average Bonchev–Trinajstić information content (AvgIpc) is 2.74. The van der Waals surface area contributed by atoms with E-state index in [2.05, 4.69) is 12.2 Å². The number of benzene rings is 2. The molecule has 0 aromatic heterocycles. The minimum atomic E-state index is -3.72. The molecule has 156 valence electrons. The van der Waals surface area contributed by atoms with Gasteiger partial charge in [-0.25, -0.2) is 8.42 Å². The maximum Gasteiger partial charge on any atom is 0.251 e. The van der Waals surface area contributed by atoms with E-state index in [1.165, 1.54) is 22.0 Å². The van der Waals surface area contributed by atoms with Gasteiger partial charge in [-0.1, -0.05) is 49.2 Å². The Hall–Kier alpha value is -1.89. The molecule has 1 atom stereocenters. The standard InChI is InChI=1S/C22H27ClN2O3S/c1-3-17-7-9-18(10-8-17)16(2)24-22(26)19-11-12-20(23)21(15-19)29(27,28)25-13-5-4-6-14-25/h7-12,15-16H,3-6,13-14H2,1-2H3,(H,24,26). The molecule has 7 heteroatoms. The van der Waals surface area contributed by atoms with Crippen molar-refractivity contribution in [2.24, 2.45) is 0 Å². The molecule has 1 saturated heterocycles. The lowest BCUT2D eigenvalue weighted by Crippen LogP contribution is -2.36. The Morgan fingerprint density at radius 1 is 1.10 bits per heavy atom. The molecule has 0 spiro atoms. The van der Waals surface area contributed by atoms with Crippen molar-refractivity contribution < 1.29 is 13.2 Å². The van der Waals surface area contributed by atoms with E-state index in [0.717, 1.165) is 31.2 Å². The maximum absolute atomic E-state index is 13.0. The lowest BCUT2D eigenvalue weighted by Gasteiger charge is -2.26. The maximum atomic E-state index is 13.0. The molecule has 5 nitrogen and oxygen atoms in total. The van der Waals surface area contributed by atoms with Crippen LogP contribution in [-0.4, -0.2) is 31.7 Å². The van der Waals surface area contributed by atoms with Gasteiger partial charge in [0.05, 0.1) is 11.1 Å². The van der Waals surface area contributed by atoms with Crippen molar-refractivity contribution in [2.45, 2.75) is 50.5 Å². The van der Waals surface area contributed by atoms with Crippen molar-refractivity contribution in [3.8, 4) is 0 Å². The summed E-state index contributed by atoms with van der Waals surface area (Å²) in [5.41, 5.74) is 2.50. The van der Waals surface area contributed by atoms with Crippen molar-refractivity contribution in [2.75, 3.05) is 13.1 Å². The molecule has 2 aromatic carbocycles. The van der Waals surface area contributed by atoms with Crippen LogP contribution in [0.25, 0.3) is 0 Å². The Balaban J connectivity index is 1.79. The van der Waals surface area contributed by atoms with Crippen LogP contribution in [0, 0.1) is 0 Å². The van der Waals surface area contributed by atoms with Crippen LogP contribution in [0.3, 0.4) is 0 Å². The van der Waals surface area contributed by atoms with Crippen molar-refractivity contribution in [3.63, 3.8) is 0 Å². The summed E-state index contributed by atoms with van der Waals surface area (Å²) in [5, 5.41) is 3.07. The van der Waals surface area contributed by atoms with E-state index in [4.69, 9.17) is 11.6 Å². The summed E-state index contributed by atoms with van der Waals surface area (Å²) in [6, 6.07) is 12.3. The fourth-order valence-corrected chi connectivity index (χ4v) is 5.51. The van der Waals surface area contributed by atoms with Gasteiger partial charge in [0.1, 0.15) is 4.90 Å². The number of rotatable bonds is 6. The van der Waals surface area contributed by atoms with Crippen LogP contribution < -0.4 is 5.32 Å². The van der Waals surface area contributed by atoms with E-state index < -0.39 is 10.0 Å². The van der Waals surface area contributed by atoms with Crippen molar-refractivity contribution in [1.82, 2.24) is 9.62 Å². The Morgan fingerprint density at radius 2 is 1.76 bits per heavy atom. The van der Waals surface area contributed by atoms with Crippen LogP contribution >= 0.6 is 11.6 Å². The summed E-state index contributed by atoms with van der Waals surface area (Å²) in [7, 11) is -3.72. The summed E-state index contributed by atoms with van der Waals surface area (Å²) in [6.07, 6.45) is 3.66. The normalized spacial score (nSPS) is 16.4. The Labute approximate surface area is 178 Å². The smallest absolute Gasteiger partial charge is 0.251 e. The number of hydrogen-bond donors (Lipinski definition) is 1. The van der Waals surface area contributed by atoms with Crippen molar-refractivity contribution in [3.05, 3.63) is 64.2 Å². The van der Waals surface area contributed by atoms with Crippen LogP contribution in [0.2, 0.25) is 5.02 Å². The second-order valence-corrected chi connectivity index (χ2v) is 9.71. The molecule has 0 aliphatic carbocycles. The van der Waals surface area contributed by atoms with Gasteiger partial charge in [-0.05, 0) is 55.5 Å². The zero-order chi connectivity index (χ0) is 21.0. The van der Waals surface area contributed by atoms with Crippen molar-refractivity contribution in [1.29, 1.82) is 0 Å². The molecule has 2 aromatic rings. The fourth-order valence-electron chi connectivity index (χ4n) is 3.49. The lowest BCUT2D eigenvalue weighted by atomic mass is 10.0. The van der Waals surface area contributed by atoms with E-state index >= 15 is 0 Å². The minimum Gasteiger partial charge on any atom is -0.346 e. The largest absolute Gasteiger partial charge is 0.346 e. The number of nitrogens with one attached hydrogen (secondary N) is 1. The third kappa shape index (κ3) is 5.00. The molecule has 0 saturated carbocycles. The zero-order valence-electron chi connectivity index (χ0n) is 16.8. The molecule has 1 aliphatic heterocycles. The highest BCUT2D eigenvalue weighted by Gasteiger charge is 2.29. The molecular weight excluding hydrogens is 408 g/mol. The Morgan fingerprint density at radius 3 is 2.38 bits per heavy atom. The van der Waals surface area contributed by atoms with Crippen LogP contribution in [0.4, 0.5) is 0 Å². The number of aryl methyl sites for hydroxylation is 1. The second kappa shape index (κ2) is 9.28. The molecule has 29 heavy (non-hydrogen) atoms. The van der Waals surface area contributed by atoms with E-state index in [1.807, 2.05) is 31.2 Å². The van der Waals surface area contributed by atoms with Gasteiger partial charge in [-0.15, -0.1) is 0 Å². The van der Waals surface area contributed by atoms with E-state index in [-0.39, 0.29) is 27.4 Å².